The van der Waals surface area contributed by atoms with E-state index in [1.807, 2.05) is 24.3 Å². The maximum Gasteiger partial charge on any atom is 0.149 e. The molecule has 5 nitrogen and oxygen atoms in total. The molecule has 0 aromatic heterocycles. The minimum Gasteiger partial charge on any atom is -0.508 e. The molecule has 0 aliphatic rings. The molecule has 0 saturated carbocycles. The normalized spacial score (nSPS) is 10.7. The summed E-state index contributed by atoms with van der Waals surface area (Å²) in [5, 5.41) is 40.4. The molecule has 8 heteroatoms. The number of hydrogen-bond donors (Lipinski definition) is 5. The lowest BCUT2D eigenvalue weighted by Gasteiger charge is -2.26. The van der Waals surface area contributed by atoms with Crippen molar-refractivity contribution in [2.75, 3.05) is 4.90 Å². The van der Waals surface area contributed by atoms with Crippen LogP contribution in [0.1, 0.15) is 0 Å². The molecule has 3 aromatic carbocycles. The Bertz CT molecular complexity index is 878. The van der Waals surface area contributed by atoms with Crippen molar-refractivity contribution in [2.45, 2.75) is 4.90 Å². The Balaban J connectivity index is 2.25. The maximum absolute atomic E-state index is 10.1. The summed E-state index contributed by atoms with van der Waals surface area (Å²) in [5.41, 5.74) is 2.01. The van der Waals surface area contributed by atoms with Crippen molar-refractivity contribution in [3.63, 3.8) is 0 Å². The van der Waals surface area contributed by atoms with Gasteiger partial charge in [-0.15, -0.1) is 12.6 Å². The number of thiol groups is 1. The predicted octanol–water partition coefficient (Wildman–Crippen LogP) is 3.13. The summed E-state index contributed by atoms with van der Waals surface area (Å²) in [6.07, 6.45) is 0. The van der Waals surface area contributed by atoms with Crippen molar-refractivity contribution >= 4 is 65.6 Å². The van der Waals surface area contributed by atoms with Gasteiger partial charge < -0.3 is 25.3 Å². The summed E-state index contributed by atoms with van der Waals surface area (Å²) in [4.78, 5) is 1.77. The Morgan fingerprint density at radius 3 is 1.62 bits per heavy atom. The molecule has 0 bridgehead atoms. The predicted molar refractivity (Wildman–Crippen MR) is 116 cm³/mol. The van der Waals surface area contributed by atoms with Gasteiger partial charge in [-0.1, -0.05) is 0 Å². The molecule has 0 atom stereocenters. The number of anilines is 3. The fourth-order valence-corrected chi connectivity index (χ4v) is 3.04. The third-order valence-corrected chi connectivity index (χ3v) is 5.17. The molecular formula is C18H15BINO4S. The molecule has 3 aromatic rings. The zero-order valence-corrected chi connectivity index (χ0v) is 16.7. The van der Waals surface area contributed by atoms with E-state index in [1.54, 1.807) is 12.7 Å². The van der Waals surface area contributed by atoms with Gasteiger partial charge >= 0.3 is 0 Å². The van der Waals surface area contributed by atoms with Gasteiger partial charge in [0.2, 0.25) is 0 Å². The summed E-state index contributed by atoms with van der Waals surface area (Å²) >= 11 is 6.25. The van der Waals surface area contributed by atoms with E-state index in [0.29, 0.717) is 16.8 Å². The minimum atomic E-state index is -0.181. The smallest absolute Gasteiger partial charge is 0.149 e. The summed E-state index contributed by atoms with van der Waals surface area (Å²) in [6, 6.07) is 13.5. The van der Waals surface area contributed by atoms with Crippen LogP contribution >= 0.6 is 35.2 Å². The second kappa shape index (κ2) is 7.20. The monoisotopic (exact) mass is 479 g/mol. The number of benzene rings is 3. The van der Waals surface area contributed by atoms with Crippen LogP contribution in [0.3, 0.4) is 0 Å². The average molecular weight is 479 g/mol. The maximum atomic E-state index is 10.1. The number of phenols is 4. The molecule has 3 rings (SSSR count). The molecule has 26 heavy (non-hydrogen) atoms. The van der Waals surface area contributed by atoms with Crippen LogP contribution < -0.4 is 10.4 Å². The Hall–Kier alpha value is -2.20. The van der Waals surface area contributed by atoms with Gasteiger partial charge in [0.05, 0.1) is 16.3 Å². The lowest BCUT2D eigenvalue weighted by Crippen LogP contribution is -2.12. The average Bonchev–Trinajstić information content (AvgIpc) is 2.59. The number of nitrogens with zero attached hydrogens (tertiary/aromatic N) is 1. The number of rotatable bonds is 3. The van der Waals surface area contributed by atoms with Gasteiger partial charge in [-0.05, 0) is 52.3 Å². The van der Waals surface area contributed by atoms with E-state index in [0.717, 1.165) is 9.26 Å². The van der Waals surface area contributed by atoms with E-state index < -0.39 is 0 Å². The van der Waals surface area contributed by atoms with Crippen LogP contribution in [0.5, 0.6) is 23.0 Å². The molecule has 0 saturated heterocycles. The number of hydrogen-bond acceptors (Lipinski definition) is 6. The molecule has 0 aliphatic heterocycles. The molecular weight excluding hydrogens is 464 g/mol. The van der Waals surface area contributed by atoms with E-state index in [9.17, 15) is 20.4 Å². The molecule has 0 amide bonds. The fraction of sp³-hybridized carbons (Fsp3) is 0. The molecule has 0 spiro atoms. The Kier molecular flexibility index (Phi) is 5.15. The van der Waals surface area contributed by atoms with Crippen molar-refractivity contribution in [1.82, 2.24) is 0 Å². The van der Waals surface area contributed by atoms with Crippen molar-refractivity contribution < 1.29 is 20.4 Å². The topological polar surface area (TPSA) is 84.2 Å². The first-order valence-electron chi connectivity index (χ1n) is 7.61. The van der Waals surface area contributed by atoms with E-state index in [4.69, 9.17) is 0 Å². The quantitative estimate of drug-likeness (QED) is 0.227. The second-order valence-corrected chi connectivity index (χ2v) is 7.45. The first-order valence-corrected chi connectivity index (χ1v) is 9.13. The van der Waals surface area contributed by atoms with E-state index >= 15 is 0 Å². The molecule has 132 valence electrons. The van der Waals surface area contributed by atoms with Crippen LogP contribution in [-0.4, -0.2) is 28.3 Å². The lowest BCUT2D eigenvalue weighted by molar-refractivity contribution is 0.429. The van der Waals surface area contributed by atoms with Crippen LogP contribution in [0, 0.1) is 3.57 Å². The summed E-state index contributed by atoms with van der Waals surface area (Å²) in [7, 11) is 1.61. The van der Waals surface area contributed by atoms with Crippen LogP contribution in [0.2, 0.25) is 0 Å². The van der Waals surface area contributed by atoms with Gasteiger partial charge in [0, 0.05) is 33.5 Å². The first kappa shape index (κ1) is 18.6. The zero-order chi connectivity index (χ0) is 19.0. The summed E-state index contributed by atoms with van der Waals surface area (Å²) in [5.74, 6) is -0.483. The number of phenolic OH excluding ortho intramolecular Hbond substituents is 4. The van der Waals surface area contributed by atoms with Gasteiger partial charge in [0.1, 0.15) is 30.8 Å². The summed E-state index contributed by atoms with van der Waals surface area (Å²) < 4.78 is 1.04. The van der Waals surface area contributed by atoms with Gasteiger partial charge in [-0.3, -0.25) is 0 Å². The highest BCUT2D eigenvalue weighted by Crippen LogP contribution is 2.42. The molecule has 0 aliphatic carbocycles. The fourth-order valence-electron chi connectivity index (χ4n) is 2.55. The van der Waals surface area contributed by atoms with Crippen molar-refractivity contribution in [2.24, 2.45) is 0 Å². The molecule has 0 unspecified atom stereocenters. The van der Waals surface area contributed by atoms with Crippen LogP contribution in [0.4, 0.5) is 17.1 Å². The van der Waals surface area contributed by atoms with Crippen molar-refractivity contribution in [3.8, 4) is 23.0 Å². The van der Waals surface area contributed by atoms with Gasteiger partial charge in [0.15, 0.2) is 0 Å². The number of halogens is 1. The van der Waals surface area contributed by atoms with Gasteiger partial charge in [-0.25, -0.2) is 0 Å². The highest BCUT2D eigenvalue weighted by atomic mass is 127. The zero-order valence-electron chi connectivity index (χ0n) is 13.7. The third-order valence-electron chi connectivity index (χ3n) is 3.99. The Labute approximate surface area is 170 Å². The third kappa shape index (κ3) is 3.52. The molecule has 4 N–H and O–H groups in total. The van der Waals surface area contributed by atoms with Crippen LogP contribution in [0.25, 0.3) is 0 Å². The summed E-state index contributed by atoms with van der Waals surface area (Å²) in [6.45, 7) is 0. The first-order chi connectivity index (χ1) is 12.3. The lowest BCUT2D eigenvalue weighted by atomic mass is 9.93. The molecule has 0 radical (unpaired) electrons. The van der Waals surface area contributed by atoms with E-state index in [1.165, 1.54) is 24.3 Å². The molecule has 0 fully saturated rings. The largest absolute Gasteiger partial charge is 0.508 e. The minimum absolute atomic E-state index is 0.0604. The van der Waals surface area contributed by atoms with Crippen LogP contribution in [0.15, 0.2) is 53.4 Å². The van der Waals surface area contributed by atoms with Crippen molar-refractivity contribution in [1.29, 1.82) is 0 Å². The van der Waals surface area contributed by atoms with E-state index in [-0.39, 0.29) is 27.9 Å². The highest BCUT2D eigenvalue weighted by molar-refractivity contribution is 14.1. The standard InChI is InChI=1S/C18H15BINO4S/c19-17-13(22)5-11(6-14(17)23)21(10-3-1-9(20)2-4-10)12-7-15(24)18(26)16(25)8-12/h1-8,22-26H,19H2. The van der Waals surface area contributed by atoms with Crippen molar-refractivity contribution in [3.05, 3.63) is 52.1 Å². The van der Waals surface area contributed by atoms with Crippen LogP contribution in [-0.2, 0) is 0 Å². The highest BCUT2D eigenvalue weighted by Gasteiger charge is 2.18. The number of aromatic hydroxyl groups is 4. The molecule has 0 heterocycles. The van der Waals surface area contributed by atoms with Gasteiger partial charge in [-0.2, -0.15) is 0 Å². The SMILES string of the molecule is Bc1c(O)cc(N(c2ccc(I)cc2)c2cc(O)c(S)c(O)c2)cc1O. The van der Waals surface area contributed by atoms with Gasteiger partial charge in [0.25, 0.3) is 0 Å². The Morgan fingerprint density at radius 2 is 1.15 bits per heavy atom. The second-order valence-electron chi connectivity index (χ2n) is 5.75. The Morgan fingerprint density at radius 1 is 0.731 bits per heavy atom. The van der Waals surface area contributed by atoms with E-state index in [2.05, 4.69) is 35.2 Å².